The van der Waals surface area contributed by atoms with Gasteiger partial charge in [0.15, 0.2) is 5.78 Å². The van der Waals surface area contributed by atoms with Gasteiger partial charge in [-0.3, -0.25) is 9.69 Å². The molecule has 1 aromatic carbocycles. The van der Waals surface area contributed by atoms with E-state index in [1.165, 1.54) is 19.3 Å². The minimum absolute atomic E-state index is 0.110. The van der Waals surface area contributed by atoms with Gasteiger partial charge in [0.2, 0.25) is 0 Å². The van der Waals surface area contributed by atoms with Gasteiger partial charge in [-0.1, -0.05) is 29.6 Å². The molecule has 1 saturated heterocycles. The van der Waals surface area contributed by atoms with Crippen molar-refractivity contribution in [3.05, 3.63) is 33.8 Å². The molecule has 4 heteroatoms. The van der Waals surface area contributed by atoms with Crippen LogP contribution in [0.2, 0.25) is 10.0 Å². The summed E-state index contributed by atoms with van der Waals surface area (Å²) in [6, 6.07) is 6.02. The van der Waals surface area contributed by atoms with E-state index in [1.54, 1.807) is 18.2 Å². The number of Topliss-reactive ketones (excluding diaryl/α,β-unsaturated/α-hetero) is 1. The number of halogens is 2. The van der Waals surface area contributed by atoms with E-state index < -0.39 is 0 Å². The standard InChI is InChI=1S/C15H19Cl2NO/c1-10-4-3-5-11(2)18(10)9-15(19)12-6-7-13(16)14(17)8-12/h6-8,10-11H,3-5,9H2,1-2H3. The first-order valence-corrected chi connectivity index (χ1v) is 7.48. The van der Waals surface area contributed by atoms with E-state index >= 15 is 0 Å². The Morgan fingerprint density at radius 1 is 1.21 bits per heavy atom. The average molecular weight is 300 g/mol. The second-order valence-corrected chi connectivity index (χ2v) is 6.17. The van der Waals surface area contributed by atoms with E-state index in [0.717, 1.165) is 0 Å². The lowest BCUT2D eigenvalue weighted by atomic mass is 9.96. The SMILES string of the molecule is CC1CCCC(C)N1CC(=O)c1ccc(Cl)c(Cl)c1. The third kappa shape index (κ3) is 3.50. The molecule has 1 heterocycles. The van der Waals surface area contributed by atoms with Gasteiger partial charge in [0, 0.05) is 17.6 Å². The topological polar surface area (TPSA) is 20.3 Å². The molecule has 2 rings (SSSR count). The van der Waals surface area contributed by atoms with Crippen molar-refractivity contribution in [1.82, 2.24) is 4.90 Å². The van der Waals surface area contributed by atoms with Gasteiger partial charge in [0.1, 0.15) is 0 Å². The molecule has 0 aromatic heterocycles. The predicted molar refractivity (Wildman–Crippen MR) is 80.3 cm³/mol. The third-order valence-electron chi connectivity index (χ3n) is 3.94. The smallest absolute Gasteiger partial charge is 0.176 e. The first-order valence-electron chi connectivity index (χ1n) is 6.73. The van der Waals surface area contributed by atoms with Crippen molar-refractivity contribution in [3.8, 4) is 0 Å². The molecular formula is C15H19Cl2NO. The number of carbonyl (C=O) groups is 1. The number of hydrogen-bond acceptors (Lipinski definition) is 2. The molecule has 2 nitrogen and oxygen atoms in total. The van der Waals surface area contributed by atoms with Gasteiger partial charge in [-0.25, -0.2) is 0 Å². The lowest BCUT2D eigenvalue weighted by Crippen LogP contribution is -2.46. The zero-order valence-electron chi connectivity index (χ0n) is 11.3. The summed E-state index contributed by atoms with van der Waals surface area (Å²) in [5.74, 6) is 0.110. The quantitative estimate of drug-likeness (QED) is 0.769. The molecule has 0 spiro atoms. The summed E-state index contributed by atoms with van der Waals surface area (Å²) in [5, 5.41) is 0.921. The largest absolute Gasteiger partial charge is 0.293 e. The third-order valence-corrected chi connectivity index (χ3v) is 4.68. The van der Waals surface area contributed by atoms with Crippen molar-refractivity contribution in [2.75, 3.05) is 6.54 Å². The van der Waals surface area contributed by atoms with E-state index in [9.17, 15) is 4.79 Å². The lowest BCUT2D eigenvalue weighted by Gasteiger charge is -2.38. The summed E-state index contributed by atoms with van der Waals surface area (Å²) in [6.07, 6.45) is 3.58. The Morgan fingerprint density at radius 2 is 1.84 bits per heavy atom. The number of piperidine rings is 1. The number of ketones is 1. The van der Waals surface area contributed by atoms with Crippen LogP contribution >= 0.6 is 23.2 Å². The number of nitrogens with zero attached hydrogens (tertiary/aromatic N) is 1. The molecule has 0 aliphatic carbocycles. The highest BCUT2D eigenvalue weighted by Gasteiger charge is 2.26. The molecule has 1 aromatic rings. The van der Waals surface area contributed by atoms with Crippen LogP contribution in [0.15, 0.2) is 18.2 Å². The Kier molecular flexibility index (Phi) is 4.88. The summed E-state index contributed by atoms with van der Waals surface area (Å²) in [5.41, 5.74) is 0.638. The molecule has 0 N–H and O–H groups in total. The number of rotatable bonds is 3. The highest BCUT2D eigenvalue weighted by molar-refractivity contribution is 6.42. The van der Waals surface area contributed by atoms with E-state index in [1.807, 2.05) is 0 Å². The molecule has 2 unspecified atom stereocenters. The van der Waals surface area contributed by atoms with Gasteiger partial charge in [-0.2, -0.15) is 0 Å². The summed E-state index contributed by atoms with van der Waals surface area (Å²) < 4.78 is 0. The van der Waals surface area contributed by atoms with Gasteiger partial charge in [0.05, 0.1) is 16.6 Å². The molecule has 0 radical (unpaired) electrons. The molecule has 1 fully saturated rings. The first kappa shape index (κ1) is 14.8. The first-order chi connectivity index (χ1) is 8.99. The van der Waals surface area contributed by atoms with E-state index in [2.05, 4.69) is 18.7 Å². The van der Waals surface area contributed by atoms with Crippen molar-refractivity contribution >= 4 is 29.0 Å². The van der Waals surface area contributed by atoms with Crippen LogP contribution in [0.4, 0.5) is 0 Å². The molecule has 2 atom stereocenters. The fourth-order valence-corrected chi connectivity index (χ4v) is 3.01. The van der Waals surface area contributed by atoms with Crippen LogP contribution in [0.25, 0.3) is 0 Å². The maximum atomic E-state index is 12.3. The van der Waals surface area contributed by atoms with Crippen LogP contribution in [0.3, 0.4) is 0 Å². The Hall–Kier alpha value is -0.570. The number of likely N-dealkylation sites (tertiary alicyclic amines) is 1. The summed E-state index contributed by atoms with van der Waals surface area (Å²) >= 11 is 11.8. The predicted octanol–water partition coefficient (Wildman–Crippen LogP) is 4.44. The Balaban J connectivity index is 2.09. The van der Waals surface area contributed by atoms with Crippen LogP contribution in [-0.2, 0) is 0 Å². The molecule has 0 bridgehead atoms. The van der Waals surface area contributed by atoms with Gasteiger partial charge >= 0.3 is 0 Å². The Bertz CT molecular complexity index is 465. The zero-order chi connectivity index (χ0) is 14.0. The van der Waals surface area contributed by atoms with Crippen molar-refractivity contribution in [2.45, 2.75) is 45.2 Å². The molecule has 19 heavy (non-hydrogen) atoms. The molecule has 0 saturated carbocycles. The second kappa shape index (κ2) is 6.25. The van der Waals surface area contributed by atoms with Gasteiger partial charge in [-0.05, 0) is 44.9 Å². The monoisotopic (exact) mass is 299 g/mol. The van der Waals surface area contributed by atoms with Crippen LogP contribution in [-0.4, -0.2) is 29.3 Å². The van der Waals surface area contributed by atoms with Crippen molar-refractivity contribution in [1.29, 1.82) is 0 Å². The maximum Gasteiger partial charge on any atom is 0.176 e. The lowest BCUT2D eigenvalue weighted by molar-refractivity contribution is 0.0734. The van der Waals surface area contributed by atoms with Crippen molar-refractivity contribution < 1.29 is 4.79 Å². The fourth-order valence-electron chi connectivity index (χ4n) is 2.71. The number of carbonyl (C=O) groups excluding carboxylic acids is 1. The second-order valence-electron chi connectivity index (χ2n) is 5.35. The van der Waals surface area contributed by atoms with E-state index in [4.69, 9.17) is 23.2 Å². The van der Waals surface area contributed by atoms with E-state index in [0.29, 0.717) is 34.2 Å². The van der Waals surface area contributed by atoms with Crippen LogP contribution in [0.5, 0.6) is 0 Å². The highest BCUT2D eigenvalue weighted by Crippen LogP contribution is 2.25. The zero-order valence-corrected chi connectivity index (χ0v) is 12.8. The Labute approximate surface area is 124 Å². The molecule has 1 aliphatic rings. The van der Waals surface area contributed by atoms with Crippen LogP contribution in [0.1, 0.15) is 43.5 Å². The number of benzene rings is 1. The minimum Gasteiger partial charge on any atom is -0.293 e. The molecular weight excluding hydrogens is 281 g/mol. The Morgan fingerprint density at radius 3 is 2.42 bits per heavy atom. The van der Waals surface area contributed by atoms with Crippen molar-refractivity contribution in [3.63, 3.8) is 0 Å². The van der Waals surface area contributed by atoms with Crippen molar-refractivity contribution in [2.24, 2.45) is 0 Å². The van der Waals surface area contributed by atoms with Gasteiger partial charge < -0.3 is 0 Å². The summed E-state index contributed by atoms with van der Waals surface area (Å²) in [6.45, 7) is 4.84. The molecule has 0 amide bonds. The highest BCUT2D eigenvalue weighted by atomic mass is 35.5. The van der Waals surface area contributed by atoms with Gasteiger partial charge in [-0.15, -0.1) is 0 Å². The minimum atomic E-state index is 0.110. The summed E-state index contributed by atoms with van der Waals surface area (Å²) in [7, 11) is 0. The van der Waals surface area contributed by atoms with Crippen LogP contribution < -0.4 is 0 Å². The summed E-state index contributed by atoms with van der Waals surface area (Å²) in [4.78, 5) is 14.6. The van der Waals surface area contributed by atoms with Crippen LogP contribution in [0, 0.1) is 0 Å². The number of hydrogen-bond donors (Lipinski definition) is 0. The van der Waals surface area contributed by atoms with E-state index in [-0.39, 0.29) is 5.78 Å². The van der Waals surface area contributed by atoms with Gasteiger partial charge in [0.25, 0.3) is 0 Å². The maximum absolute atomic E-state index is 12.3. The normalized spacial score (nSPS) is 24.4. The average Bonchev–Trinajstić information content (AvgIpc) is 2.37. The molecule has 104 valence electrons. The molecule has 1 aliphatic heterocycles. The fraction of sp³-hybridized carbons (Fsp3) is 0.533.